The highest BCUT2D eigenvalue weighted by Crippen LogP contribution is 2.27. The first-order valence-electron chi connectivity index (χ1n) is 8.89. The van der Waals surface area contributed by atoms with E-state index in [9.17, 15) is 13.2 Å². The molecule has 0 unspecified atom stereocenters. The van der Waals surface area contributed by atoms with Gasteiger partial charge in [-0.15, -0.1) is 0 Å². The van der Waals surface area contributed by atoms with Crippen molar-refractivity contribution in [2.75, 3.05) is 29.4 Å². The maximum atomic E-state index is 12.2. The highest BCUT2D eigenvalue weighted by Gasteiger charge is 2.22. The molecule has 0 fully saturated rings. The number of nitrogens with zero attached hydrogens (tertiary/aromatic N) is 1. The highest BCUT2D eigenvalue weighted by molar-refractivity contribution is 9.10. The van der Waals surface area contributed by atoms with E-state index < -0.39 is 10.0 Å². The molecule has 0 aliphatic carbocycles. The lowest BCUT2D eigenvalue weighted by atomic mass is 10.2. The Labute approximate surface area is 180 Å². The molecule has 1 N–H and O–H groups in total. The minimum atomic E-state index is -3.57. The van der Waals surface area contributed by atoms with E-state index in [4.69, 9.17) is 0 Å². The number of carbonyl (C=O) groups is 1. The van der Waals surface area contributed by atoms with Crippen LogP contribution in [-0.4, -0.2) is 39.4 Å². The Kier molecular flexibility index (Phi) is 8.85. The van der Waals surface area contributed by atoms with Crippen molar-refractivity contribution in [1.29, 1.82) is 0 Å². The van der Waals surface area contributed by atoms with Gasteiger partial charge in [-0.05, 0) is 52.7 Å². The first kappa shape index (κ1) is 22.8. The third-order valence-electron chi connectivity index (χ3n) is 3.95. The minimum absolute atomic E-state index is 0.238. The van der Waals surface area contributed by atoms with Crippen LogP contribution >= 0.6 is 27.7 Å². The summed E-state index contributed by atoms with van der Waals surface area (Å²) in [5, 5.41) is 2.81. The third-order valence-corrected chi connectivity index (χ3v) is 6.86. The second-order valence-electron chi connectivity index (χ2n) is 6.47. The predicted molar refractivity (Wildman–Crippen MR) is 121 cm³/mol. The molecule has 0 atom stereocenters. The van der Waals surface area contributed by atoms with Crippen molar-refractivity contribution in [3.63, 3.8) is 0 Å². The van der Waals surface area contributed by atoms with Gasteiger partial charge in [-0.1, -0.05) is 42.0 Å². The highest BCUT2D eigenvalue weighted by atomic mass is 79.9. The lowest BCUT2D eigenvalue weighted by molar-refractivity contribution is -0.119. The van der Waals surface area contributed by atoms with Crippen molar-refractivity contribution < 1.29 is 13.2 Å². The SMILES string of the molecule is Cc1cccc(CSCCCNC(=O)CN(c2ccccc2Br)S(C)(=O)=O)c1. The molecule has 0 aliphatic heterocycles. The average molecular weight is 485 g/mol. The van der Waals surface area contributed by atoms with Crippen molar-refractivity contribution in [1.82, 2.24) is 5.32 Å². The second-order valence-corrected chi connectivity index (χ2v) is 10.3. The number of hydrogen-bond donors (Lipinski definition) is 1. The number of rotatable bonds is 10. The predicted octanol–water partition coefficient (Wildman–Crippen LogP) is 3.96. The van der Waals surface area contributed by atoms with Gasteiger partial charge >= 0.3 is 0 Å². The molecule has 28 heavy (non-hydrogen) atoms. The molecule has 2 rings (SSSR count). The van der Waals surface area contributed by atoms with E-state index in [0.29, 0.717) is 16.7 Å². The smallest absolute Gasteiger partial charge is 0.240 e. The molecule has 152 valence electrons. The average Bonchev–Trinajstić information content (AvgIpc) is 2.62. The molecular weight excluding hydrogens is 460 g/mol. The summed E-state index contributed by atoms with van der Waals surface area (Å²) in [6, 6.07) is 15.4. The van der Waals surface area contributed by atoms with Gasteiger partial charge < -0.3 is 5.32 Å². The van der Waals surface area contributed by atoms with Gasteiger partial charge in [0.25, 0.3) is 0 Å². The zero-order valence-corrected chi connectivity index (χ0v) is 19.2. The fourth-order valence-electron chi connectivity index (χ4n) is 2.62. The number of amides is 1. The fourth-order valence-corrected chi connectivity index (χ4v) is 5.01. The number of hydrogen-bond acceptors (Lipinski definition) is 4. The summed E-state index contributed by atoms with van der Waals surface area (Å²) in [6.07, 6.45) is 1.93. The van der Waals surface area contributed by atoms with Gasteiger partial charge in [0.1, 0.15) is 6.54 Å². The largest absolute Gasteiger partial charge is 0.354 e. The van der Waals surface area contributed by atoms with Crippen LogP contribution in [0.15, 0.2) is 53.0 Å². The topological polar surface area (TPSA) is 66.5 Å². The summed E-state index contributed by atoms with van der Waals surface area (Å²) in [7, 11) is -3.57. The van der Waals surface area contributed by atoms with Crippen LogP contribution in [0.4, 0.5) is 5.69 Å². The number of carbonyl (C=O) groups excluding carboxylic acids is 1. The number of anilines is 1. The lowest BCUT2D eigenvalue weighted by Gasteiger charge is -2.23. The maximum Gasteiger partial charge on any atom is 0.240 e. The van der Waals surface area contributed by atoms with Crippen LogP contribution < -0.4 is 9.62 Å². The Morgan fingerprint density at radius 1 is 1.18 bits per heavy atom. The number of benzene rings is 2. The Morgan fingerprint density at radius 2 is 1.93 bits per heavy atom. The first-order valence-corrected chi connectivity index (χ1v) is 12.7. The van der Waals surface area contributed by atoms with Gasteiger partial charge in [-0.25, -0.2) is 8.42 Å². The fraction of sp³-hybridized carbons (Fsp3) is 0.350. The lowest BCUT2D eigenvalue weighted by Crippen LogP contribution is -2.40. The van der Waals surface area contributed by atoms with Crippen LogP contribution in [0.3, 0.4) is 0 Å². The molecule has 5 nitrogen and oxygen atoms in total. The van der Waals surface area contributed by atoms with Crippen molar-refractivity contribution in [2.24, 2.45) is 0 Å². The number of aryl methyl sites for hydroxylation is 1. The molecule has 0 saturated heterocycles. The Bertz CT molecular complexity index is 904. The van der Waals surface area contributed by atoms with E-state index in [1.54, 1.807) is 24.3 Å². The van der Waals surface area contributed by atoms with Gasteiger partial charge in [0, 0.05) is 16.8 Å². The molecule has 0 spiro atoms. The summed E-state index contributed by atoms with van der Waals surface area (Å²) < 4.78 is 26.0. The summed E-state index contributed by atoms with van der Waals surface area (Å²) in [4.78, 5) is 12.2. The monoisotopic (exact) mass is 484 g/mol. The van der Waals surface area contributed by atoms with Crippen molar-refractivity contribution in [3.8, 4) is 0 Å². The number of nitrogens with one attached hydrogen (secondary N) is 1. The van der Waals surface area contributed by atoms with Crippen LogP contribution in [0.1, 0.15) is 17.5 Å². The number of thioether (sulfide) groups is 1. The standard InChI is InChI=1S/C20H25BrN2O3S2/c1-16-7-5-8-17(13-16)15-27-12-6-11-22-20(24)14-23(28(2,25)26)19-10-4-3-9-18(19)21/h3-5,7-10,13H,6,11-12,14-15H2,1-2H3,(H,22,24). The van der Waals surface area contributed by atoms with Crippen LogP contribution in [0.25, 0.3) is 0 Å². The van der Waals surface area contributed by atoms with Gasteiger partial charge in [0.2, 0.25) is 15.9 Å². The van der Waals surface area contributed by atoms with Gasteiger partial charge in [-0.3, -0.25) is 9.10 Å². The molecule has 2 aromatic carbocycles. The van der Waals surface area contributed by atoms with Crippen LogP contribution in [0.5, 0.6) is 0 Å². The van der Waals surface area contributed by atoms with E-state index in [-0.39, 0.29) is 12.5 Å². The van der Waals surface area contributed by atoms with Gasteiger partial charge in [0.05, 0.1) is 11.9 Å². The van der Waals surface area contributed by atoms with Gasteiger partial charge in [0.15, 0.2) is 0 Å². The molecule has 0 aromatic heterocycles. The molecule has 0 radical (unpaired) electrons. The van der Waals surface area contributed by atoms with E-state index >= 15 is 0 Å². The summed E-state index contributed by atoms with van der Waals surface area (Å²) in [5.74, 6) is 1.55. The van der Waals surface area contributed by atoms with Gasteiger partial charge in [-0.2, -0.15) is 11.8 Å². The maximum absolute atomic E-state index is 12.2. The second kappa shape index (κ2) is 10.9. The molecule has 0 saturated carbocycles. The van der Waals surface area contributed by atoms with Crippen molar-refractivity contribution >= 4 is 49.3 Å². The first-order chi connectivity index (χ1) is 13.3. The Hall–Kier alpha value is -1.51. The normalized spacial score (nSPS) is 11.2. The van der Waals surface area contributed by atoms with Crippen molar-refractivity contribution in [3.05, 3.63) is 64.1 Å². The van der Waals surface area contributed by atoms with E-state index in [0.717, 1.165) is 28.5 Å². The molecular formula is C20H25BrN2O3S2. The zero-order chi connectivity index (χ0) is 20.6. The number of para-hydroxylation sites is 1. The summed E-state index contributed by atoms with van der Waals surface area (Å²) in [6.45, 7) is 2.36. The molecule has 0 heterocycles. The summed E-state index contributed by atoms with van der Waals surface area (Å²) >= 11 is 5.16. The number of halogens is 1. The molecule has 0 aliphatic rings. The zero-order valence-electron chi connectivity index (χ0n) is 16.0. The molecule has 0 bridgehead atoms. The van der Waals surface area contributed by atoms with Crippen LogP contribution in [0, 0.1) is 6.92 Å². The molecule has 2 aromatic rings. The Morgan fingerprint density at radius 3 is 2.61 bits per heavy atom. The van der Waals surface area contributed by atoms with E-state index in [2.05, 4.69) is 52.4 Å². The van der Waals surface area contributed by atoms with Crippen LogP contribution in [0.2, 0.25) is 0 Å². The Balaban J connectivity index is 1.76. The molecule has 1 amide bonds. The van der Waals surface area contributed by atoms with E-state index in [1.807, 2.05) is 11.8 Å². The molecule has 8 heteroatoms. The minimum Gasteiger partial charge on any atom is -0.354 e. The van der Waals surface area contributed by atoms with Crippen molar-refractivity contribution in [2.45, 2.75) is 19.1 Å². The van der Waals surface area contributed by atoms with E-state index in [1.165, 1.54) is 11.1 Å². The number of sulfonamides is 1. The summed E-state index contributed by atoms with van der Waals surface area (Å²) in [5.41, 5.74) is 3.01. The third kappa shape index (κ3) is 7.48. The quantitative estimate of drug-likeness (QED) is 0.518. The van der Waals surface area contributed by atoms with Crippen LogP contribution in [-0.2, 0) is 20.6 Å².